The summed E-state index contributed by atoms with van der Waals surface area (Å²) in [7, 11) is -2.10. The van der Waals surface area contributed by atoms with Crippen LogP contribution >= 0.6 is 0 Å². The number of carbonyl (C=O) groups is 2. The third-order valence-electron chi connectivity index (χ3n) is 5.10. The number of benzene rings is 2. The van der Waals surface area contributed by atoms with Crippen LogP contribution in [0.3, 0.4) is 0 Å². The number of ether oxygens (including phenoxy) is 2. The smallest absolute Gasteiger partial charge is 0.338 e. The van der Waals surface area contributed by atoms with Crippen LogP contribution < -0.4 is 10.1 Å². The van der Waals surface area contributed by atoms with E-state index in [1.807, 2.05) is 0 Å². The van der Waals surface area contributed by atoms with Gasteiger partial charge in [0, 0.05) is 18.8 Å². The molecule has 0 saturated carbocycles. The molecule has 2 aromatic carbocycles. The second-order valence-corrected chi connectivity index (χ2v) is 9.23. The van der Waals surface area contributed by atoms with Crippen molar-refractivity contribution in [2.24, 2.45) is 0 Å². The molecular weight excluding hydrogens is 420 g/mol. The van der Waals surface area contributed by atoms with Gasteiger partial charge in [-0.15, -0.1) is 0 Å². The summed E-state index contributed by atoms with van der Waals surface area (Å²) >= 11 is 0. The molecule has 1 fully saturated rings. The van der Waals surface area contributed by atoms with E-state index in [0.717, 1.165) is 19.3 Å². The minimum Gasteiger partial charge on any atom is -0.497 e. The molecule has 9 heteroatoms. The molecule has 166 valence electrons. The Morgan fingerprint density at radius 2 is 1.71 bits per heavy atom. The van der Waals surface area contributed by atoms with Crippen LogP contribution in [0.15, 0.2) is 47.4 Å². The van der Waals surface area contributed by atoms with Gasteiger partial charge in [-0.2, -0.15) is 4.31 Å². The number of piperidine rings is 1. The molecule has 0 radical (unpaired) electrons. The lowest BCUT2D eigenvalue weighted by Crippen LogP contribution is -2.35. The summed E-state index contributed by atoms with van der Waals surface area (Å²) in [5.74, 6) is -0.599. The Morgan fingerprint density at radius 1 is 1.03 bits per heavy atom. The fourth-order valence-corrected chi connectivity index (χ4v) is 4.82. The van der Waals surface area contributed by atoms with Crippen molar-refractivity contribution in [1.82, 2.24) is 4.31 Å². The fraction of sp³-hybridized carbons (Fsp3) is 0.364. The summed E-state index contributed by atoms with van der Waals surface area (Å²) < 4.78 is 37.3. The molecule has 0 aliphatic carbocycles. The fourth-order valence-electron chi connectivity index (χ4n) is 3.28. The van der Waals surface area contributed by atoms with Crippen LogP contribution in [-0.4, -0.2) is 51.4 Å². The van der Waals surface area contributed by atoms with Gasteiger partial charge >= 0.3 is 5.97 Å². The van der Waals surface area contributed by atoms with Crippen molar-refractivity contribution >= 4 is 27.6 Å². The number of anilines is 1. The molecule has 1 N–H and O–H groups in total. The second kappa shape index (κ2) is 9.93. The first-order valence-electron chi connectivity index (χ1n) is 10.0. The van der Waals surface area contributed by atoms with Crippen molar-refractivity contribution in [3.05, 3.63) is 53.6 Å². The standard InChI is InChI=1S/C22H26N2O6S/c1-16-6-11-19(31(27,28)24-12-4-3-5-13-24)14-20(16)23-21(25)15-30-22(26)17-7-9-18(29-2)10-8-17/h6-11,14H,3-5,12-13,15H2,1-2H3,(H,23,25). The first-order valence-corrected chi connectivity index (χ1v) is 11.5. The number of nitrogens with one attached hydrogen (secondary N) is 1. The van der Waals surface area contributed by atoms with Crippen LogP contribution in [0.4, 0.5) is 5.69 Å². The van der Waals surface area contributed by atoms with Gasteiger partial charge in [0.2, 0.25) is 10.0 Å². The minimum atomic E-state index is -3.62. The number of carbonyl (C=O) groups excluding carboxylic acids is 2. The lowest BCUT2D eigenvalue weighted by Gasteiger charge is -2.26. The van der Waals surface area contributed by atoms with E-state index in [4.69, 9.17) is 9.47 Å². The number of esters is 1. The van der Waals surface area contributed by atoms with Gasteiger partial charge in [-0.05, 0) is 61.7 Å². The highest BCUT2D eigenvalue weighted by Gasteiger charge is 2.26. The molecule has 1 aliphatic heterocycles. The third-order valence-corrected chi connectivity index (χ3v) is 6.99. The SMILES string of the molecule is COc1ccc(C(=O)OCC(=O)Nc2cc(S(=O)(=O)N3CCCCC3)ccc2C)cc1. The van der Waals surface area contributed by atoms with Crippen LogP contribution in [0.2, 0.25) is 0 Å². The summed E-state index contributed by atoms with van der Waals surface area (Å²) in [6.07, 6.45) is 2.71. The molecule has 0 spiro atoms. The van der Waals surface area contributed by atoms with Crippen molar-refractivity contribution < 1.29 is 27.5 Å². The third kappa shape index (κ3) is 5.62. The maximum absolute atomic E-state index is 12.9. The quantitative estimate of drug-likeness (QED) is 0.656. The average molecular weight is 447 g/mol. The zero-order valence-corrected chi connectivity index (χ0v) is 18.4. The van der Waals surface area contributed by atoms with Gasteiger partial charge in [0.15, 0.2) is 6.61 Å². The predicted octanol–water partition coefficient (Wildman–Crippen LogP) is 2.97. The molecule has 1 amide bonds. The van der Waals surface area contributed by atoms with E-state index in [9.17, 15) is 18.0 Å². The van der Waals surface area contributed by atoms with E-state index in [0.29, 0.717) is 35.7 Å². The van der Waals surface area contributed by atoms with E-state index in [-0.39, 0.29) is 4.90 Å². The van der Waals surface area contributed by atoms with Gasteiger partial charge in [0.1, 0.15) is 5.75 Å². The second-order valence-electron chi connectivity index (χ2n) is 7.29. The average Bonchev–Trinajstić information content (AvgIpc) is 2.79. The highest BCUT2D eigenvalue weighted by molar-refractivity contribution is 7.89. The molecule has 1 heterocycles. The molecule has 0 unspecified atom stereocenters. The largest absolute Gasteiger partial charge is 0.497 e. The van der Waals surface area contributed by atoms with Gasteiger partial charge in [-0.25, -0.2) is 13.2 Å². The van der Waals surface area contributed by atoms with Crippen molar-refractivity contribution in [2.75, 3.05) is 32.1 Å². The van der Waals surface area contributed by atoms with E-state index in [2.05, 4.69) is 5.32 Å². The number of hydrogen-bond acceptors (Lipinski definition) is 6. The number of hydrogen-bond donors (Lipinski definition) is 1. The monoisotopic (exact) mass is 446 g/mol. The zero-order chi connectivity index (χ0) is 22.4. The van der Waals surface area contributed by atoms with E-state index in [1.54, 1.807) is 31.2 Å². The highest BCUT2D eigenvalue weighted by Crippen LogP contribution is 2.25. The lowest BCUT2D eigenvalue weighted by atomic mass is 10.2. The maximum Gasteiger partial charge on any atom is 0.338 e. The van der Waals surface area contributed by atoms with Crippen LogP contribution in [-0.2, 0) is 19.6 Å². The van der Waals surface area contributed by atoms with Crippen molar-refractivity contribution in [3.63, 3.8) is 0 Å². The number of nitrogens with zero attached hydrogens (tertiary/aromatic N) is 1. The first kappa shape index (κ1) is 22.8. The Kier molecular flexibility index (Phi) is 7.29. The number of aryl methyl sites for hydroxylation is 1. The minimum absolute atomic E-state index is 0.130. The van der Waals surface area contributed by atoms with E-state index in [1.165, 1.54) is 29.6 Å². The number of methoxy groups -OCH3 is 1. The maximum atomic E-state index is 12.9. The summed E-state index contributed by atoms with van der Waals surface area (Å²) in [6.45, 7) is 2.27. The van der Waals surface area contributed by atoms with Crippen LogP contribution in [0.1, 0.15) is 35.2 Å². The van der Waals surface area contributed by atoms with Gasteiger partial charge in [0.25, 0.3) is 5.91 Å². The van der Waals surface area contributed by atoms with Gasteiger partial charge in [-0.3, -0.25) is 4.79 Å². The number of amides is 1. The summed E-state index contributed by atoms with van der Waals surface area (Å²) in [5.41, 5.74) is 1.36. The normalized spacial score (nSPS) is 14.6. The Hall–Kier alpha value is -2.91. The van der Waals surface area contributed by atoms with Crippen LogP contribution in [0.25, 0.3) is 0 Å². The van der Waals surface area contributed by atoms with Crippen LogP contribution in [0, 0.1) is 6.92 Å². The van der Waals surface area contributed by atoms with Gasteiger partial charge < -0.3 is 14.8 Å². The van der Waals surface area contributed by atoms with Gasteiger partial charge in [-0.1, -0.05) is 12.5 Å². The van der Waals surface area contributed by atoms with E-state index >= 15 is 0 Å². The van der Waals surface area contributed by atoms with Crippen molar-refractivity contribution in [2.45, 2.75) is 31.1 Å². The van der Waals surface area contributed by atoms with Crippen molar-refractivity contribution in [1.29, 1.82) is 0 Å². The van der Waals surface area contributed by atoms with Crippen molar-refractivity contribution in [3.8, 4) is 5.75 Å². The topological polar surface area (TPSA) is 102 Å². The first-order chi connectivity index (χ1) is 14.8. The molecular formula is C22H26N2O6S. The Morgan fingerprint density at radius 3 is 2.35 bits per heavy atom. The molecule has 3 rings (SSSR count). The molecule has 0 aromatic heterocycles. The molecule has 31 heavy (non-hydrogen) atoms. The summed E-state index contributed by atoms with van der Waals surface area (Å²) in [5, 5.41) is 2.63. The molecule has 0 bridgehead atoms. The molecule has 0 atom stereocenters. The molecule has 1 aliphatic rings. The van der Waals surface area contributed by atoms with E-state index < -0.39 is 28.5 Å². The Bertz CT molecular complexity index is 1040. The predicted molar refractivity (Wildman–Crippen MR) is 116 cm³/mol. The molecule has 2 aromatic rings. The highest BCUT2D eigenvalue weighted by atomic mass is 32.2. The zero-order valence-electron chi connectivity index (χ0n) is 17.6. The molecule has 8 nitrogen and oxygen atoms in total. The summed E-state index contributed by atoms with van der Waals surface area (Å²) in [4.78, 5) is 24.5. The number of sulfonamides is 1. The summed E-state index contributed by atoms with van der Waals surface area (Å²) in [6, 6.07) is 11.0. The van der Waals surface area contributed by atoms with Gasteiger partial charge in [0.05, 0.1) is 17.6 Å². The Labute approximate surface area is 182 Å². The number of rotatable bonds is 7. The molecule has 1 saturated heterocycles. The lowest BCUT2D eigenvalue weighted by molar-refractivity contribution is -0.119. The van der Waals surface area contributed by atoms with Crippen LogP contribution in [0.5, 0.6) is 5.75 Å². The Balaban J connectivity index is 1.64.